The standard InChI is InChI=1S/C12H20N2O5S3/c1-3-14-10-5-8(7-19-4-2)21(15,16)12-9(10)6-11(20-12)22(13,17)18/h6,8,10,14H,3-5,7H2,1-2H3,(H2,13,17,18). The molecule has 22 heavy (non-hydrogen) atoms. The predicted octanol–water partition coefficient (Wildman–Crippen LogP) is 0.629. The summed E-state index contributed by atoms with van der Waals surface area (Å²) in [5.74, 6) is 0. The van der Waals surface area contributed by atoms with E-state index in [4.69, 9.17) is 9.88 Å². The second kappa shape index (κ2) is 6.54. The zero-order valence-corrected chi connectivity index (χ0v) is 14.9. The highest BCUT2D eigenvalue weighted by Gasteiger charge is 2.41. The summed E-state index contributed by atoms with van der Waals surface area (Å²) in [5.41, 5.74) is 0.489. The largest absolute Gasteiger partial charge is 0.380 e. The normalized spacial score (nSPS) is 24.1. The second-order valence-corrected chi connectivity index (χ2v) is 10.3. The third-order valence-electron chi connectivity index (χ3n) is 3.51. The Morgan fingerprint density at radius 1 is 1.45 bits per heavy atom. The zero-order valence-electron chi connectivity index (χ0n) is 12.4. The van der Waals surface area contributed by atoms with E-state index in [-0.39, 0.29) is 21.1 Å². The van der Waals surface area contributed by atoms with Gasteiger partial charge < -0.3 is 10.1 Å². The number of thiophene rings is 1. The first-order chi connectivity index (χ1) is 10.2. The first kappa shape index (κ1) is 17.8. The third kappa shape index (κ3) is 3.36. The van der Waals surface area contributed by atoms with Crippen LogP contribution in [-0.4, -0.2) is 41.8 Å². The molecule has 0 amide bonds. The number of ether oxygens (including phenoxy) is 1. The lowest BCUT2D eigenvalue weighted by Crippen LogP contribution is -2.37. The highest BCUT2D eigenvalue weighted by atomic mass is 32.3. The van der Waals surface area contributed by atoms with Crippen LogP contribution in [0, 0.1) is 0 Å². The van der Waals surface area contributed by atoms with Crippen LogP contribution in [0.3, 0.4) is 0 Å². The summed E-state index contributed by atoms with van der Waals surface area (Å²) in [6, 6.07) is 1.15. The summed E-state index contributed by atoms with van der Waals surface area (Å²) < 4.78 is 53.6. The van der Waals surface area contributed by atoms with E-state index in [2.05, 4.69) is 5.32 Å². The summed E-state index contributed by atoms with van der Waals surface area (Å²) in [5, 5.41) is 7.65. The Kier molecular flexibility index (Phi) is 5.30. The predicted molar refractivity (Wildman–Crippen MR) is 84.2 cm³/mol. The van der Waals surface area contributed by atoms with Crippen molar-refractivity contribution in [3.05, 3.63) is 11.6 Å². The van der Waals surface area contributed by atoms with Crippen LogP contribution in [0.1, 0.15) is 31.9 Å². The minimum Gasteiger partial charge on any atom is -0.380 e. The van der Waals surface area contributed by atoms with Crippen molar-refractivity contribution in [2.24, 2.45) is 5.14 Å². The molecule has 7 nitrogen and oxygen atoms in total. The van der Waals surface area contributed by atoms with Crippen molar-refractivity contribution in [2.75, 3.05) is 19.8 Å². The number of sulfone groups is 1. The molecule has 2 heterocycles. The molecule has 1 aliphatic rings. The fourth-order valence-electron chi connectivity index (χ4n) is 2.49. The summed E-state index contributed by atoms with van der Waals surface area (Å²) in [7, 11) is -7.54. The molecule has 0 radical (unpaired) electrons. The molecule has 0 aromatic carbocycles. The van der Waals surface area contributed by atoms with Crippen LogP contribution in [0.4, 0.5) is 0 Å². The molecule has 3 N–H and O–H groups in total. The molecular weight excluding hydrogens is 348 g/mol. The number of sulfonamides is 1. The van der Waals surface area contributed by atoms with Crippen LogP contribution in [0.2, 0.25) is 0 Å². The quantitative estimate of drug-likeness (QED) is 0.761. The highest BCUT2D eigenvalue weighted by Crippen LogP contribution is 2.42. The molecule has 2 unspecified atom stereocenters. The molecule has 0 spiro atoms. The van der Waals surface area contributed by atoms with E-state index in [1.54, 1.807) is 6.92 Å². The third-order valence-corrected chi connectivity index (χ3v) is 8.78. The minimum atomic E-state index is -3.92. The molecule has 1 aromatic rings. The maximum atomic E-state index is 12.7. The maximum Gasteiger partial charge on any atom is 0.247 e. The van der Waals surface area contributed by atoms with Crippen molar-refractivity contribution < 1.29 is 21.6 Å². The molecule has 0 bridgehead atoms. The van der Waals surface area contributed by atoms with Crippen LogP contribution in [0.15, 0.2) is 14.5 Å². The number of hydrogen-bond acceptors (Lipinski definition) is 7. The van der Waals surface area contributed by atoms with Gasteiger partial charge in [0.15, 0.2) is 9.84 Å². The van der Waals surface area contributed by atoms with Crippen LogP contribution in [0.25, 0.3) is 0 Å². The average Bonchev–Trinajstić information content (AvgIpc) is 2.87. The van der Waals surface area contributed by atoms with Crippen molar-refractivity contribution in [3.8, 4) is 0 Å². The smallest absolute Gasteiger partial charge is 0.247 e. The zero-order chi connectivity index (χ0) is 16.5. The van der Waals surface area contributed by atoms with Gasteiger partial charge in [-0.3, -0.25) is 0 Å². The lowest BCUT2D eigenvalue weighted by molar-refractivity contribution is 0.141. The molecule has 0 aliphatic carbocycles. The van der Waals surface area contributed by atoms with Crippen LogP contribution in [-0.2, 0) is 24.6 Å². The minimum absolute atomic E-state index is 0.0819. The molecule has 1 aromatic heterocycles. The molecular formula is C12H20N2O5S3. The van der Waals surface area contributed by atoms with Crippen molar-refractivity contribution in [1.29, 1.82) is 0 Å². The van der Waals surface area contributed by atoms with Crippen LogP contribution >= 0.6 is 11.3 Å². The molecule has 126 valence electrons. The van der Waals surface area contributed by atoms with Crippen molar-refractivity contribution >= 4 is 31.2 Å². The Morgan fingerprint density at radius 3 is 2.68 bits per heavy atom. The number of fused-ring (bicyclic) bond motifs is 1. The SMILES string of the molecule is CCNC1CC(COCC)S(=O)(=O)c2sc(S(N)(=O)=O)cc21. The Morgan fingerprint density at radius 2 is 2.14 bits per heavy atom. The summed E-state index contributed by atoms with van der Waals surface area (Å²) in [6.45, 7) is 4.88. The van der Waals surface area contributed by atoms with Crippen molar-refractivity contribution in [1.82, 2.24) is 5.32 Å². The second-order valence-electron chi connectivity index (χ2n) is 5.03. The molecule has 2 rings (SSSR count). The van der Waals surface area contributed by atoms with E-state index in [9.17, 15) is 16.8 Å². The first-order valence-electron chi connectivity index (χ1n) is 6.93. The molecule has 0 saturated carbocycles. The lowest BCUT2D eigenvalue weighted by atomic mass is 10.0. The topological polar surface area (TPSA) is 116 Å². The molecule has 10 heteroatoms. The molecule has 1 aliphatic heterocycles. The van der Waals surface area contributed by atoms with Gasteiger partial charge in [0.05, 0.1) is 11.9 Å². The first-order valence-corrected chi connectivity index (χ1v) is 10.8. The maximum absolute atomic E-state index is 12.7. The average molecular weight is 369 g/mol. The van der Waals surface area contributed by atoms with Gasteiger partial charge in [0.1, 0.15) is 8.42 Å². The van der Waals surface area contributed by atoms with Crippen LogP contribution < -0.4 is 10.5 Å². The fourth-order valence-corrected chi connectivity index (χ4v) is 7.03. The van der Waals surface area contributed by atoms with E-state index in [1.807, 2.05) is 6.92 Å². The monoisotopic (exact) mass is 368 g/mol. The van der Waals surface area contributed by atoms with Crippen molar-refractivity contribution in [2.45, 2.75) is 40.0 Å². The Hall–Kier alpha value is -0.520. The lowest BCUT2D eigenvalue weighted by Gasteiger charge is -2.29. The van der Waals surface area contributed by atoms with E-state index in [1.165, 1.54) is 6.07 Å². The highest BCUT2D eigenvalue weighted by molar-refractivity contribution is 7.95. The summed E-state index contributed by atoms with van der Waals surface area (Å²) >= 11 is 0.720. The Bertz CT molecular complexity index is 739. The van der Waals surface area contributed by atoms with Gasteiger partial charge in [-0.15, -0.1) is 11.3 Å². The van der Waals surface area contributed by atoms with Gasteiger partial charge in [-0.05, 0) is 26.0 Å². The number of nitrogens with two attached hydrogens (primary N) is 1. The number of rotatable bonds is 6. The van der Waals surface area contributed by atoms with Gasteiger partial charge in [0.25, 0.3) is 0 Å². The number of nitrogens with one attached hydrogen (secondary N) is 1. The molecule has 0 saturated heterocycles. The van der Waals surface area contributed by atoms with Crippen LogP contribution in [0.5, 0.6) is 0 Å². The van der Waals surface area contributed by atoms with Gasteiger partial charge in [-0.1, -0.05) is 6.92 Å². The van der Waals surface area contributed by atoms with E-state index < -0.39 is 25.1 Å². The van der Waals surface area contributed by atoms with E-state index >= 15 is 0 Å². The van der Waals surface area contributed by atoms with Gasteiger partial charge in [0, 0.05) is 18.2 Å². The van der Waals surface area contributed by atoms with Gasteiger partial charge in [-0.2, -0.15) is 0 Å². The summed E-state index contributed by atoms with van der Waals surface area (Å²) in [6.07, 6.45) is 0.351. The van der Waals surface area contributed by atoms with Gasteiger partial charge in [0.2, 0.25) is 10.0 Å². The van der Waals surface area contributed by atoms with Crippen molar-refractivity contribution in [3.63, 3.8) is 0 Å². The van der Waals surface area contributed by atoms with E-state index in [0.29, 0.717) is 25.1 Å². The summed E-state index contributed by atoms with van der Waals surface area (Å²) in [4.78, 5) is 0. The van der Waals surface area contributed by atoms with Gasteiger partial charge >= 0.3 is 0 Å². The van der Waals surface area contributed by atoms with E-state index in [0.717, 1.165) is 11.3 Å². The fraction of sp³-hybridized carbons (Fsp3) is 0.667. The molecule has 0 fully saturated rings. The Labute approximate surface area is 134 Å². The van der Waals surface area contributed by atoms with Gasteiger partial charge in [-0.25, -0.2) is 22.0 Å². The number of hydrogen-bond donors (Lipinski definition) is 2. The number of primary sulfonamides is 1. The molecule has 2 atom stereocenters. The Balaban J connectivity index is 2.52.